The first-order valence-electron chi connectivity index (χ1n) is 6.38. The van der Waals surface area contributed by atoms with E-state index in [0.29, 0.717) is 5.69 Å². The van der Waals surface area contributed by atoms with E-state index in [9.17, 15) is 8.42 Å². The number of halogens is 1. The molecule has 6 nitrogen and oxygen atoms in total. The summed E-state index contributed by atoms with van der Waals surface area (Å²) in [6.45, 7) is 2.76. The predicted octanol–water partition coefficient (Wildman–Crippen LogP) is 1.51. The number of aryl methyl sites for hydroxylation is 1. The molecule has 21 heavy (non-hydrogen) atoms. The van der Waals surface area contributed by atoms with Crippen molar-refractivity contribution in [1.29, 1.82) is 0 Å². The van der Waals surface area contributed by atoms with Crippen molar-refractivity contribution in [1.82, 2.24) is 4.31 Å². The van der Waals surface area contributed by atoms with Gasteiger partial charge in [0.25, 0.3) is 0 Å². The van der Waals surface area contributed by atoms with Crippen molar-refractivity contribution in [2.75, 3.05) is 46.3 Å². The van der Waals surface area contributed by atoms with E-state index in [1.54, 1.807) is 13.0 Å². The zero-order valence-electron chi connectivity index (χ0n) is 12.4. The third-order valence-electron chi connectivity index (χ3n) is 3.03. The Kier molecular flexibility index (Phi) is 6.89. The highest BCUT2D eigenvalue weighted by molar-refractivity contribution is 7.89. The maximum Gasteiger partial charge on any atom is 0.244 e. The molecule has 1 aromatic carbocycles. The molecule has 0 fully saturated rings. The lowest BCUT2D eigenvalue weighted by molar-refractivity contribution is 0.150. The fourth-order valence-corrected chi connectivity index (χ4v) is 3.74. The lowest BCUT2D eigenvalue weighted by Gasteiger charge is -2.22. The molecule has 0 aromatic heterocycles. The second-order valence-corrected chi connectivity index (χ2v) is 6.84. The number of ether oxygens (including phenoxy) is 2. The smallest absolute Gasteiger partial charge is 0.244 e. The molecule has 0 radical (unpaired) electrons. The summed E-state index contributed by atoms with van der Waals surface area (Å²) < 4.78 is 36.6. The van der Waals surface area contributed by atoms with Crippen LogP contribution in [-0.4, -0.2) is 53.2 Å². The molecule has 0 heterocycles. The van der Waals surface area contributed by atoms with Crippen LogP contribution in [-0.2, 0) is 19.5 Å². The van der Waals surface area contributed by atoms with E-state index >= 15 is 0 Å². The molecular weight excluding hydrogens is 316 g/mol. The molecule has 0 aliphatic carbocycles. The van der Waals surface area contributed by atoms with Crippen LogP contribution in [0, 0.1) is 6.92 Å². The Morgan fingerprint density at radius 1 is 1.19 bits per heavy atom. The average Bonchev–Trinajstić information content (AvgIpc) is 2.42. The van der Waals surface area contributed by atoms with Gasteiger partial charge in [0.05, 0.1) is 18.2 Å². The first-order chi connectivity index (χ1) is 9.84. The van der Waals surface area contributed by atoms with Crippen molar-refractivity contribution in [2.45, 2.75) is 11.8 Å². The van der Waals surface area contributed by atoms with E-state index in [4.69, 9.17) is 26.8 Å². The molecule has 1 rings (SSSR count). The summed E-state index contributed by atoms with van der Waals surface area (Å²) in [5, 5.41) is 0.154. The Balaban J connectivity index is 3.18. The monoisotopic (exact) mass is 336 g/mol. The number of rotatable bonds is 8. The SMILES string of the molecule is COCCN(CCOC)S(=O)(=O)c1cc(N)c(C)cc1Cl. The Morgan fingerprint density at radius 3 is 2.19 bits per heavy atom. The largest absolute Gasteiger partial charge is 0.398 e. The van der Waals surface area contributed by atoms with Gasteiger partial charge < -0.3 is 15.2 Å². The first kappa shape index (κ1) is 18.2. The number of nitrogens with zero attached hydrogens (tertiary/aromatic N) is 1. The van der Waals surface area contributed by atoms with Gasteiger partial charge >= 0.3 is 0 Å². The van der Waals surface area contributed by atoms with Gasteiger partial charge in [0, 0.05) is 33.0 Å². The van der Waals surface area contributed by atoms with Gasteiger partial charge in [-0.25, -0.2) is 8.42 Å². The van der Waals surface area contributed by atoms with Crippen LogP contribution in [0.2, 0.25) is 5.02 Å². The van der Waals surface area contributed by atoms with E-state index in [1.165, 1.54) is 24.6 Å². The molecule has 0 amide bonds. The average molecular weight is 337 g/mol. The van der Waals surface area contributed by atoms with Gasteiger partial charge in [0.2, 0.25) is 10.0 Å². The minimum Gasteiger partial charge on any atom is -0.398 e. The number of benzene rings is 1. The molecule has 2 N–H and O–H groups in total. The highest BCUT2D eigenvalue weighted by Gasteiger charge is 2.27. The summed E-state index contributed by atoms with van der Waals surface area (Å²) in [6.07, 6.45) is 0. The second kappa shape index (κ2) is 7.95. The predicted molar refractivity (Wildman–Crippen MR) is 83.1 cm³/mol. The normalized spacial score (nSPS) is 12.0. The molecular formula is C13H21ClN2O4S. The van der Waals surface area contributed by atoms with Crippen molar-refractivity contribution in [2.24, 2.45) is 0 Å². The summed E-state index contributed by atoms with van der Waals surface area (Å²) in [4.78, 5) is -0.000488. The van der Waals surface area contributed by atoms with E-state index in [1.807, 2.05) is 0 Å². The van der Waals surface area contributed by atoms with Crippen LogP contribution in [0.15, 0.2) is 17.0 Å². The molecule has 0 unspecified atom stereocenters. The van der Waals surface area contributed by atoms with E-state index in [0.717, 1.165) is 5.56 Å². The zero-order valence-corrected chi connectivity index (χ0v) is 14.0. The minimum atomic E-state index is -3.75. The van der Waals surface area contributed by atoms with Crippen LogP contribution < -0.4 is 5.73 Å². The van der Waals surface area contributed by atoms with Gasteiger partial charge in [-0.15, -0.1) is 0 Å². The minimum absolute atomic E-state index is 0.000488. The van der Waals surface area contributed by atoms with Crippen LogP contribution in [0.5, 0.6) is 0 Å². The molecule has 1 aromatic rings. The lowest BCUT2D eigenvalue weighted by Crippen LogP contribution is -2.36. The number of hydrogen-bond donors (Lipinski definition) is 1. The van der Waals surface area contributed by atoms with Gasteiger partial charge in [-0.3, -0.25) is 0 Å². The standard InChI is InChI=1S/C13H21ClN2O4S/c1-10-8-11(14)13(9-12(10)15)21(17,18)16(4-6-19-2)5-7-20-3/h8-9H,4-7,15H2,1-3H3. The molecule has 0 spiro atoms. The molecule has 120 valence electrons. The van der Waals surface area contributed by atoms with Crippen LogP contribution in [0.3, 0.4) is 0 Å². The van der Waals surface area contributed by atoms with Crippen molar-refractivity contribution in [3.05, 3.63) is 22.7 Å². The number of methoxy groups -OCH3 is 2. The summed E-state index contributed by atoms with van der Waals surface area (Å²) in [7, 11) is -0.730. The van der Waals surface area contributed by atoms with Gasteiger partial charge in [0.1, 0.15) is 4.90 Å². The Labute approximate surface area is 130 Å². The maximum absolute atomic E-state index is 12.7. The van der Waals surface area contributed by atoms with Crippen LogP contribution in [0.1, 0.15) is 5.56 Å². The second-order valence-electron chi connectivity index (χ2n) is 4.53. The number of nitrogen functional groups attached to an aromatic ring is 1. The fraction of sp³-hybridized carbons (Fsp3) is 0.538. The Bertz CT molecular complexity index is 570. The Morgan fingerprint density at radius 2 is 1.71 bits per heavy atom. The maximum atomic E-state index is 12.7. The summed E-state index contributed by atoms with van der Waals surface area (Å²) in [5.41, 5.74) is 6.92. The van der Waals surface area contributed by atoms with Gasteiger partial charge in [-0.05, 0) is 24.6 Å². The number of nitrogens with two attached hydrogens (primary N) is 1. The molecule has 0 saturated heterocycles. The topological polar surface area (TPSA) is 81.9 Å². The molecule has 0 bridgehead atoms. The van der Waals surface area contributed by atoms with Gasteiger partial charge in [-0.1, -0.05) is 11.6 Å². The molecule has 8 heteroatoms. The van der Waals surface area contributed by atoms with Crippen LogP contribution in [0.25, 0.3) is 0 Å². The van der Waals surface area contributed by atoms with E-state index < -0.39 is 10.0 Å². The number of anilines is 1. The van der Waals surface area contributed by atoms with Gasteiger partial charge in [0.15, 0.2) is 0 Å². The quantitative estimate of drug-likeness (QED) is 0.728. The van der Waals surface area contributed by atoms with Gasteiger partial charge in [-0.2, -0.15) is 4.31 Å². The first-order valence-corrected chi connectivity index (χ1v) is 8.20. The number of sulfonamides is 1. The lowest BCUT2D eigenvalue weighted by atomic mass is 10.2. The highest BCUT2D eigenvalue weighted by atomic mass is 35.5. The fourth-order valence-electron chi connectivity index (χ4n) is 1.74. The highest BCUT2D eigenvalue weighted by Crippen LogP contribution is 2.29. The van der Waals surface area contributed by atoms with E-state index in [2.05, 4.69) is 0 Å². The zero-order chi connectivity index (χ0) is 16.0. The van der Waals surface area contributed by atoms with Crippen molar-refractivity contribution >= 4 is 27.3 Å². The molecule has 0 atom stereocenters. The summed E-state index contributed by atoms with van der Waals surface area (Å²) >= 11 is 6.07. The molecule has 0 saturated carbocycles. The Hall–Kier alpha value is -0.860. The van der Waals surface area contributed by atoms with Crippen molar-refractivity contribution < 1.29 is 17.9 Å². The summed E-state index contributed by atoms with van der Waals surface area (Å²) in [6, 6.07) is 2.94. The van der Waals surface area contributed by atoms with Crippen molar-refractivity contribution in [3.63, 3.8) is 0 Å². The third kappa shape index (κ3) is 4.55. The summed E-state index contributed by atoms with van der Waals surface area (Å²) in [5.74, 6) is 0. The number of hydrogen-bond acceptors (Lipinski definition) is 5. The molecule has 0 aliphatic rings. The van der Waals surface area contributed by atoms with Crippen LogP contribution in [0.4, 0.5) is 5.69 Å². The van der Waals surface area contributed by atoms with Crippen LogP contribution >= 0.6 is 11.6 Å². The third-order valence-corrected chi connectivity index (χ3v) is 5.39. The molecule has 0 aliphatic heterocycles. The van der Waals surface area contributed by atoms with Crippen molar-refractivity contribution in [3.8, 4) is 0 Å². The van der Waals surface area contributed by atoms with E-state index in [-0.39, 0.29) is 36.2 Å².